The quantitative estimate of drug-likeness (QED) is 0.883. The zero-order chi connectivity index (χ0) is 12.2. The molecule has 1 atom stereocenters. The first kappa shape index (κ1) is 11.8. The van der Waals surface area contributed by atoms with Gasteiger partial charge in [0.25, 0.3) is 0 Å². The highest BCUT2D eigenvalue weighted by Gasteiger charge is 2.18. The maximum Gasteiger partial charge on any atom is 0.0794 e. The summed E-state index contributed by atoms with van der Waals surface area (Å²) in [7, 11) is 0. The molecule has 2 aromatic rings. The molecular formula is C14H17N3S. The molecule has 3 rings (SSSR count). The van der Waals surface area contributed by atoms with Crippen LogP contribution in [0.2, 0.25) is 0 Å². The van der Waals surface area contributed by atoms with Crippen LogP contribution in [0.1, 0.15) is 22.0 Å². The Balaban J connectivity index is 1.60. The van der Waals surface area contributed by atoms with E-state index in [1.807, 2.05) is 11.7 Å². The molecule has 0 amide bonds. The highest BCUT2D eigenvalue weighted by Crippen LogP contribution is 2.21. The molecule has 0 saturated heterocycles. The lowest BCUT2D eigenvalue weighted by Crippen LogP contribution is -2.36. The van der Waals surface area contributed by atoms with Gasteiger partial charge in [0.1, 0.15) is 0 Å². The van der Waals surface area contributed by atoms with Gasteiger partial charge in [-0.2, -0.15) is 0 Å². The summed E-state index contributed by atoms with van der Waals surface area (Å²) in [5, 5.41) is 7.09. The number of nitrogens with zero attached hydrogens (tertiary/aromatic N) is 1. The van der Waals surface area contributed by atoms with Crippen molar-refractivity contribution in [2.24, 2.45) is 0 Å². The van der Waals surface area contributed by atoms with Crippen LogP contribution in [-0.4, -0.2) is 18.1 Å². The highest BCUT2D eigenvalue weighted by molar-refractivity contribution is 7.09. The molecule has 18 heavy (non-hydrogen) atoms. The molecule has 0 radical (unpaired) electrons. The lowest BCUT2D eigenvalue weighted by Gasteiger charge is -2.27. The Morgan fingerprint density at radius 3 is 3.22 bits per heavy atom. The van der Waals surface area contributed by atoms with Crippen LogP contribution in [0.25, 0.3) is 0 Å². The van der Waals surface area contributed by atoms with Crippen LogP contribution in [0.3, 0.4) is 0 Å². The molecule has 0 aliphatic carbocycles. The normalized spacial score (nSPS) is 18.6. The van der Waals surface area contributed by atoms with Crippen molar-refractivity contribution in [1.82, 2.24) is 15.6 Å². The van der Waals surface area contributed by atoms with Gasteiger partial charge < -0.3 is 10.6 Å². The van der Waals surface area contributed by atoms with Gasteiger partial charge in [-0.1, -0.05) is 24.3 Å². The van der Waals surface area contributed by atoms with E-state index in [1.54, 1.807) is 11.3 Å². The van der Waals surface area contributed by atoms with E-state index in [0.717, 1.165) is 26.1 Å². The van der Waals surface area contributed by atoms with Gasteiger partial charge in [0.05, 0.1) is 5.51 Å². The summed E-state index contributed by atoms with van der Waals surface area (Å²) in [4.78, 5) is 5.38. The van der Waals surface area contributed by atoms with Gasteiger partial charge in [-0.25, -0.2) is 0 Å². The Kier molecular flexibility index (Phi) is 3.69. The molecule has 1 aliphatic heterocycles. The fourth-order valence-electron chi connectivity index (χ4n) is 2.44. The van der Waals surface area contributed by atoms with Gasteiger partial charge in [0.2, 0.25) is 0 Å². The number of benzene rings is 1. The van der Waals surface area contributed by atoms with E-state index >= 15 is 0 Å². The maximum atomic E-state index is 4.09. The summed E-state index contributed by atoms with van der Waals surface area (Å²) in [6, 6.07) is 9.17. The van der Waals surface area contributed by atoms with E-state index in [9.17, 15) is 0 Å². The van der Waals surface area contributed by atoms with Gasteiger partial charge in [-0.15, -0.1) is 11.3 Å². The monoisotopic (exact) mass is 259 g/mol. The van der Waals surface area contributed by atoms with Crippen LogP contribution >= 0.6 is 11.3 Å². The molecule has 0 saturated carbocycles. The second-order valence-electron chi connectivity index (χ2n) is 4.55. The van der Waals surface area contributed by atoms with Crippen molar-refractivity contribution in [1.29, 1.82) is 0 Å². The van der Waals surface area contributed by atoms with Crippen molar-refractivity contribution in [3.8, 4) is 0 Å². The van der Waals surface area contributed by atoms with Crippen LogP contribution in [0.4, 0.5) is 0 Å². The van der Waals surface area contributed by atoms with Gasteiger partial charge in [0, 0.05) is 30.2 Å². The molecule has 1 aromatic carbocycles. The van der Waals surface area contributed by atoms with Gasteiger partial charge in [-0.3, -0.25) is 4.98 Å². The average molecular weight is 259 g/mol. The van der Waals surface area contributed by atoms with E-state index in [-0.39, 0.29) is 0 Å². The number of aromatic nitrogens is 1. The first-order chi connectivity index (χ1) is 8.93. The van der Waals surface area contributed by atoms with E-state index < -0.39 is 0 Å². The fraction of sp³-hybridized carbons (Fsp3) is 0.357. The summed E-state index contributed by atoms with van der Waals surface area (Å²) in [6.07, 6.45) is 3.07. The molecule has 1 aromatic heterocycles. The summed E-state index contributed by atoms with van der Waals surface area (Å²) in [5.74, 6) is 0. The third-order valence-electron chi connectivity index (χ3n) is 3.35. The smallest absolute Gasteiger partial charge is 0.0794 e. The number of hydrogen-bond acceptors (Lipinski definition) is 4. The van der Waals surface area contributed by atoms with Crippen LogP contribution in [-0.2, 0) is 13.0 Å². The Morgan fingerprint density at radius 2 is 2.33 bits per heavy atom. The Hall–Kier alpha value is -1.23. The van der Waals surface area contributed by atoms with Gasteiger partial charge in [0.15, 0.2) is 0 Å². The van der Waals surface area contributed by atoms with Crippen LogP contribution < -0.4 is 10.6 Å². The molecule has 3 nitrogen and oxygen atoms in total. The zero-order valence-electron chi connectivity index (χ0n) is 10.2. The molecule has 4 heteroatoms. The third kappa shape index (κ3) is 2.61. The van der Waals surface area contributed by atoms with E-state index in [0.29, 0.717) is 6.04 Å². The Bertz CT molecular complexity index is 496. The molecule has 2 N–H and O–H groups in total. The zero-order valence-corrected chi connectivity index (χ0v) is 11.0. The van der Waals surface area contributed by atoms with Gasteiger partial charge >= 0.3 is 0 Å². The Morgan fingerprint density at radius 1 is 1.39 bits per heavy atom. The second-order valence-corrected chi connectivity index (χ2v) is 5.53. The minimum atomic E-state index is 0.433. The second kappa shape index (κ2) is 5.61. The summed E-state index contributed by atoms with van der Waals surface area (Å²) in [5.41, 5.74) is 4.81. The summed E-state index contributed by atoms with van der Waals surface area (Å²) >= 11 is 1.70. The van der Waals surface area contributed by atoms with Crippen molar-refractivity contribution in [2.75, 3.05) is 13.1 Å². The lowest BCUT2D eigenvalue weighted by atomic mass is 9.94. The minimum absolute atomic E-state index is 0.433. The molecule has 1 unspecified atom stereocenters. The van der Waals surface area contributed by atoms with Crippen LogP contribution in [0, 0.1) is 0 Å². The predicted molar refractivity (Wildman–Crippen MR) is 74.7 cm³/mol. The number of nitrogens with one attached hydrogen (secondary N) is 2. The van der Waals surface area contributed by atoms with Gasteiger partial charge in [-0.05, 0) is 24.1 Å². The van der Waals surface area contributed by atoms with Crippen molar-refractivity contribution >= 4 is 11.3 Å². The first-order valence-electron chi connectivity index (χ1n) is 6.33. The number of thiazole rings is 1. The molecular weight excluding hydrogens is 242 g/mol. The SMILES string of the molecule is c1ccc2c(c1)CCNC2CNCc1cncs1. The average Bonchev–Trinajstić information content (AvgIpc) is 2.92. The summed E-state index contributed by atoms with van der Waals surface area (Å²) in [6.45, 7) is 2.95. The molecule has 94 valence electrons. The predicted octanol–water partition coefficient (Wildman–Crippen LogP) is 2.12. The van der Waals surface area contributed by atoms with Crippen molar-refractivity contribution in [2.45, 2.75) is 19.0 Å². The number of fused-ring (bicyclic) bond motifs is 1. The highest BCUT2D eigenvalue weighted by atomic mass is 32.1. The third-order valence-corrected chi connectivity index (χ3v) is 4.13. The van der Waals surface area contributed by atoms with E-state index in [4.69, 9.17) is 0 Å². The molecule has 1 aliphatic rings. The van der Waals surface area contributed by atoms with Crippen molar-refractivity contribution < 1.29 is 0 Å². The minimum Gasteiger partial charge on any atom is -0.310 e. The van der Waals surface area contributed by atoms with Crippen molar-refractivity contribution in [3.63, 3.8) is 0 Å². The topological polar surface area (TPSA) is 37.0 Å². The molecule has 0 spiro atoms. The first-order valence-corrected chi connectivity index (χ1v) is 7.21. The summed E-state index contributed by atoms with van der Waals surface area (Å²) < 4.78 is 0. The van der Waals surface area contributed by atoms with Crippen LogP contribution in [0.15, 0.2) is 36.0 Å². The van der Waals surface area contributed by atoms with Crippen molar-refractivity contribution in [3.05, 3.63) is 52.0 Å². The van der Waals surface area contributed by atoms with E-state index in [1.165, 1.54) is 16.0 Å². The molecule has 0 bridgehead atoms. The fourth-order valence-corrected chi connectivity index (χ4v) is 3.01. The number of rotatable bonds is 4. The lowest BCUT2D eigenvalue weighted by molar-refractivity contribution is 0.469. The maximum absolute atomic E-state index is 4.09. The van der Waals surface area contributed by atoms with E-state index in [2.05, 4.69) is 39.9 Å². The standard InChI is InChI=1S/C14H17N3S/c1-2-4-13-11(3-1)5-6-17-14(13)9-15-7-12-8-16-10-18-12/h1-4,8,10,14-15,17H,5-7,9H2. The van der Waals surface area contributed by atoms with Crippen LogP contribution in [0.5, 0.6) is 0 Å². The molecule has 0 fully saturated rings. The number of hydrogen-bond donors (Lipinski definition) is 2. The molecule has 2 heterocycles. The largest absolute Gasteiger partial charge is 0.310 e. The Labute approximate surface area is 111 Å².